The Morgan fingerprint density at radius 3 is 2.35 bits per heavy atom. The molecule has 4 nitrogen and oxygen atoms in total. The van der Waals surface area contributed by atoms with Crippen LogP contribution in [0.5, 0.6) is 0 Å². The molecule has 0 unspecified atom stereocenters. The van der Waals surface area contributed by atoms with Gasteiger partial charge in [-0.15, -0.1) is 0 Å². The van der Waals surface area contributed by atoms with Crippen molar-refractivity contribution in [2.75, 3.05) is 42.9 Å². The second kappa shape index (κ2) is 8.60. The molecule has 0 aliphatic carbocycles. The van der Waals surface area contributed by atoms with Crippen molar-refractivity contribution < 1.29 is 9.18 Å². The number of hydrogen-bond donors (Lipinski definition) is 1. The maximum Gasteiger partial charge on any atom is 0.224 e. The Hall–Kier alpha value is -1.98. The van der Waals surface area contributed by atoms with Gasteiger partial charge in [-0.2, -0.15) is 0 Å². The van der Waals surface area contributed by atoms with Crippen LogP contribution in [-0.2, 0) is 4.79 Å². The van der Waals surface area contributed by atoms with E-state index in [4.69, 9.17) is 23.2 Å². The zero-order chi connectivity index (χ0) is 18.5. The lowest BCUT2D eigenvalue weighted by Crippen LogP contribution is -2.49. The van der Waals surface area contributed by atoms with Gasteiger partial charge in [-0.1, -0.05) is 35.3 Å². The predicted octanol–water partition coefficient (Wildman–Crippen LogP) is 4.28. The first-order chi connectivity index (χ1) is 12.5. The maximum absolute atomic E-state index is 13.9. The molecule has 0 aromatic heterocycles. The smallest absolute Gasteiger partial charge is 0.224 e. The molecule has 1 heterocycles. The SMILES string of the molecule is O=C(CCNc1cc(Cl)cc(Cl)c1)N1CCN(c2ccccc2F)CC1. The van der Waals surface area contributed by atoms with Crippen LogP contribution in [0.1, 0.15) is 6.42 Å². The van der Waals surface area contributed by atoms with Gasteiger partial charge in [0.25, 0.3) is 0 Å². The van der Waals surface area contributed by atoms with Crippen molar-refractivity contribution in [3.05, 3.63) is 58.3 Å². The summed E-state index contributed by atoms with van der Waals surface area (Å²) in [5.41, 5.74) is 1.39. The van der Waals surface area contributed by atoms with Crippen molar-refractivity contribution in [1.82, 2.24) is 4.90 Å². The predicted molar refractivity (Wildman–Crippen MR) is 105 cm³/mol. The quantitative estimate of drug-likeness (QED) is 0.820. The molecule has 26 heavy (non-hydrogen) atoms. The number of anilines is 2. The third kappa shape index (κ3) is 4.80. The van der Waals surface area contributed by atoms with E-state index in [9.17, 15) is 9.18 Å². The lowest BCUT2D eigenvalue weighted by Gasteiger charge is -2.36. The number of nitrogens with one attached hydrogen (secondary N) is 1. The van der Waals surface area contributed by atoms with Gasteiger partial charge in [0, 0.05) is 54.9 Å². The standard InChI is InChI=1S/C19H20Cl2FN3O/c20-14-11-15(21)13-16(12-14)23-6-5-19(26)25-9-7-24(8-10-25)18-4-2-1-3-17(18)22/h1-4,11-13,23H,5-10H2. The van der Waals surface area contributed by atoms with E-state index in [-0.39, 0.29) is 11.7 Å². The zero-order valence-corrected chi connectivity index (χ0v) is 15.7. The van der Waals surface area contributed by atoms with E-state index in [1.165, 1.54) is 6.07 Å². The lowest BCUT2D eigenvalue weighted by molar-refractivity contribution is -0.131. The van der Waals surface area contributed by atoms with Crippen LogP contribution < -0.4 is 10.2 Å². The second-order valence-electron chi connectivity index (χ2n) is 6.15. The number of hydrogen-bond acceptors (Lipinski definition) is 3. The molecular formula is C19H20Cl2FN3O. The molecule has 0 radical (unpaired) electrons. The molecule has 138 valence electrons. The highest BCUT2D eigenvalue weighted by atomic mass is 35.5. The largest absolute Gasteiger partial charge is 0.384 e. The minimum absolute atomic E-state index is 0.0822. The van der Waals surface area contributed by atoms with Crippen LogP contribution in [0.25, 0.3) is 0 Å². The number of carbonyl (C=O) groups is 1. The molecule has 2 aromatic rings. The highest BCUT2D eigenvalue weighted by molar-refractivity contribution is 6.35. The average Bonchev–Trinajstić information content (AvgIpc) is 2.61. The number of amides is 1. The molecule has 1 fully saturated rings. The minimum Gasteiger partial charge on any atom is -0.384 e. The van der Waals surface area contributed by atoms with E-state index < -0.39 is 0 Å². The summed E-state index contributed by atoms with van der Waals surface area (Å²) in [4.78, 5) is 16.2. The van der Waals surface area contributed by atoms with Gasteiger partial charge in [-0.05, 0) is 30.3 Å². The molecule has 1 aliphatic heterocycles. The van der Waals surface area contributed by atoms with Crippen molar-refractivity contribution in [1.29, 1.82) is 0 Å². The minimum atomic E-state index is -0.225. The Morgan fingerprint density at radius 2 is 1.69 bits per heavy atom. The Morgan fingerprint density at radius 1 is 1.04 bits per heavy atom. The van der Waals surface area contributed by atoms with Crippen LogP contribution >= 0.6 is 23.2 Å². The first kappa shape index (κ1) is 18.8. The Bertz CT molecular complexity index is 759. The molecule has 1 N–H and O–H groups in total. The van der Waals surface area contributed by atoms with Crippen LogP contribution in [0, 0.1) is 5.82 Å². The number of para-hydroxylation sites is 1. The Balaban J connectivity index is 1.46. The summed E-state index contributed by atoms with van der Waals surface area (Å²) in [7, 11) is 0. The first-order valence-corrected chi connectivity index (χ1v) is 9.26. The molecular weight excluding hydrogens is 376 g/mol. The van der Waals surface area contributed by atoms with Gasteiger partial charge in [0.15, 0.2) is 0 Å². The van der Waals surface area contributed by atoms with Crippen molar-refractivity contribution in [3.63, 3.8) is 0 Å². The van der Waals surface area contributed by atoms with Gasteiger partial charge in [0.1, 0.15) is 5.82 Å². The molecule has 0 spiro atoms. The number of halogens is 3. The van der Waals surface area contributed by atoms with E-state index >= 15 is 0 Å². The second-order valence-corrected chi connectivity index (χ2v) is 7.03. The van der Waals surface area contributed by atoms with Gasteiger partial charge in [-0.25, -0.2) is 4.39 Å². The average molecular weight is 396 g/mol. The summed E-state index contributed by atoms with van der Waals surface area (Å²) in [6.07, 6.45) is 0.379. The fraction of sp³-hybridized carbons (Fsp3) is 0.316. The fourth-order valence-electron chi connectivity index (χ4n) is 3.03. The van der Waals surface area contributed by atoms with E-state index in [2.05, 4.69) is 5.32 Å². The normalized spacial score (nSPS) is 14.4. The van der Waals surface area contributed by atoms with E-state index in [0.29, 0.717) is 54.9 Å². The van der Waals surface area contributed by atoms with Gasteiger partial charge < -0.3 is 15.1 Å². The number of benzene rings is 2. The summed E-state index contributed by atoms with van der Waals surface area (Å²) in [5, 5.41) is 4.26. The van der Waals surface area contributed by atoms with Crippen LogP contribution in [0.2, 0.25) is 10.0 Å². The number of piperazine rings is 1. The Labute approximate surface area is 162 Å². The van der Waals surface area contributed by atoms with Crippen molar-refractivity contribution in [2.24, 2.45) is 0 Å². The zero-order valence-electron chi connectivity index (χ0n) is 14.2. The maximum atomic E-state index is 13.9. The monoisotopic (exact) mass is 395 g/mol. The Kier molecular flexibility index (Phi) is 6.22. The lowest BCUT2D eigenvalue weighted by atomic mass is 10.2. The first-order valence-electron chi connectivity index (χ1n) is 8.50. The molecule has 1 aliphatic rings. The number of rotatable bonds is 5. The van der Waals surface area contributed by atoms with E-state index in [1.54, 1.807) is 30.3 Å². The number of nitrogens with zero attached hydrogens (tertiary/aromatic N) is 2. The van der Waals surface area contributed by atoms with Gasteiger partial charge in [-0.3, -0.25) is 4.79 Å². The van der Waals surface area contributed by atoms with Crippen LogP contribution in [0.3, 0.4) is 0 Å². The third-order valence-corrected chi connectivity index (χ3v) is 4.79. The molecule has 7 heteroatoms. The fourth-order valence-corrected chi connectivity index (χ4v) is 3.56. The van der Waals surface area contributed by atoms with Crippen molar-refractivity contribution >= 4 is 40.5 Å². The van der Waals surface area contributed by atoms with E-state index in [1.807, 2.05) is 15.9 Å². The highest BCUT2D eigenvalue weighted by Crippen LogP contribution is 2.23. The summed E-state index contributed by atoms with van der Waals surface area (Å²) in [6.45, 7) is 2.95. The molecule has 0 saturated carbocycles. The summed E-state index contributed by atoms with van der Waals surface area (Å²) in [5.74, 6) is -0.143. The van der Waals surface area contributed by atoms with Crippen molar-refractivity contribution in [3.8, 4) is 0 Å². The molecule has 0 atom stereocenters. The van der Waals surface area contributed by atoms with Gasteiger partial charge in [0.2, 0.25) is 5.91 Å². The van der Waals surface area contributed by atoms with Crippen LogP contribution in [-0.4, -0.2) is 43.5 Å². The van der Waals surface area contributed by atoms with Gasteiger partial charge in [0.05, 0.1) is 5.69 Å². The van der Waals surface area contributed by atoms with E-state index in [0.717, 1.165) is 5.69 Å². The van der Waals surface area contributed by atoms with Crippen LogP contribution in [0.15, 0.2) is 42.5 Å². The third-order valence-electron chi connectivity index (χ3n) is 4.36. The topological polar surface area (TPSA) is 35.6 Å². The summed E-state index contributed by atoms with van der Waals surface area (Å²) < 4.78 is 13.9. The highest BCUT2D eigenvalue weighted by Gasteiger charge is 2.22. The molecule has 2 aromatic carbocycles. The van der Waals surface area contributed by atoms with Crippen molar-refractivity contribution in [2.45, 2.75) is 6.42 Å². The molecule has 0 bridgehead atoms. The summed E-state index contributed by atoms with van der Waals surface area (Å²) >= 11 is 11.9. The summed E-state index contributed by atoms with van der Waals surface area (Å²) in [6, 6.07) is 11.9. The molecule has 1 amide bonds. The van der Waals surface area contributed by atoms with Crippen LogP contribution in [0.4, 0.5) is 15.8 Å². The molecule has 3 rings (SSSR count). The number of carbonyl (C=O) groups excluding carboxylic acids is 1. The van der Waals surface area contributed by atoms with Gasteiger partial charge >= 0.3 is 0 Å². The molecule has 1 saturated heterocycles.